The Balaban J connectivity index is 1.82. The van der Waals surface area contributed by atoms with Crippen molar-refractivity contribution in [2.24, 2.45) is 5.10 Å². The maximum Gasteiger partial charge on any atom is 0.298 e. The van der Waals surface area contributed by atoms with Crippen LogP contribution < -0.4 is 5.56 Å². The Morgan fingerprint density at radius 1 is 1.21 bits per heavy atom. The Hall–Kier alpha value is -3.28. The maximum atomic E-state index is 13.4. The molecule has 0 unspecified atom stereocenters. The smallest absolute Gasteiger partial charge is 0.298 e. The molecule has 2 heterocycles. The average Bonchev–Trinajstić information content (AvgIpc) is 2.95. The molecule has 0 atom stereocenters. The molecular formula is C18H13FN4O. The number of aromatic nitrogens is 3. The maximum absolute atomic E-state index is 13.4. The zero-order chi connectivity index (χ0) is 16.7. The van der Waals surface area contributed by atoms with Crippen molar-refractivity contribution in [2.45, 2.75) is 6.92 Å². The van der Waals surface area contributed by atoms with Crippen LogP contribution in [0.4, 0.5) is 4.39 Å². The van der Waals surface area contributed by atoms with Crippen molar-refractivity contribution in [1.29, 1.82) is 0 Å². The highest BCUT2D eigenvalue weighted by atomic mass is 19.1. The zero-order valence-electron chi connectivity index (χ0n) is 12.8. The van der Waals surface area contributed by atoms with Crippen molar-refractivity contribution < 1.29 is 4.39 Å². The number of hydrogen-bond acceptors (Lipinski definition) is 3. The van der Waals surface area contributed by atoms with Crippen molar-refractivity contribution in [3.05, 3.63) is 76.1 Å². The standard InChI is InChI=1S/C18H13FN4O/c1-11-2-4-12(5-3-11)9-21-23-10-20-16-14-8-13(19)6-7-15(14)22-17(16)18(23)24/h2-10,22H,1H3. The van der Waals surface area contributed by atoms with Gasteiger partial charge in [-0.1, -0.05) is 29.8 Å². The predicted octanol–water partition coefficient (Wildman–Crippen LogP) is 3.21. The minimum atomic E-state index is -0.369. The summed E-state index contributed by atoms with van der Waals surface area (Å²) < 4.78 is 14.6. The van der Waals surface area contributed by atoms with Crippen LogP contribution in [-0.4, -0.2) is 20.9 Å². The number of nitrogens with zero attached hydrogens (tertiary/aromatic N) is 3. The van der Waals surface area contributed by atoms with Crippen molar-refractivity contribution in [1.82, 2.24) is 14.6 Å². The number of rotatable bonds is 2. The lowest BCUT2D eigenvalue weighted by atomic mass is 10.2. The van der Waals surface area contributed by atoms with Gasteiger partial charge < -0.3 is 4.98 Å². The summed E-state index contributed by atoms with van der Waals surface area (Å²) in [6, 6.07) is 12.1. The first kappa shape index (κ1) is 14.3. The average molecular weight is 320 g/mol. The van der Waals surface area contributed by atoms with Crippen LogP contribution in [0.25, 0.3) is 21.9 Å². The van der Waals surface area contributed by atoms with Crippen molar-refractivity contribution in [3.8, 4) is 0 Å². The second kappa shape index (κ2) is 5.42. The molecule has 2 aromatic heterocycles. The molecule has 0 aliphatic heterocycles. The fourth-order valence-electron chi connectivity index (χ4n) is 2.58. The first-order valence-corrected chi connectivity index (χ1v) is 7.41. The molecule has 1 N–H and O–H groups in total. The van der Waals surface area contributed by atoms with Gasteiger partial charge in [-0.2, -0.15) is 9.78 Å². The fraction of sp³-hybridized carbons (Fsp3) is 0.0556. The van der Waals surface area contributed by atoms with Gasteiger partial charge in [-0.3, -0.25) is 4.79 Å². The molecule has 2 aromatic carbocycles. The third-order valence-corrected chi connectivity index (χ3v) is 3.86. The second-order valence-electron chi connectivity index (χ2n) is 5.59. The molecule has 0 saturated carbocycles. The van der Waals surface area contributed by atoms with Gasteiger partial charge in [-0.05, 0) is 30.7 Å². The number of aryl methyl sites for hydroxylation is 1. The minimum absolute atomic E-state index is 0.305. The molecule has 4 aromatic rings. The number of halogens is 1. The summed E-state index contributed by atoms with van der Waals surface area (Å²) in [6.45, 7) is 2.00. The number of nitrogens with one attached hydrogen (secondary N) is 1. The van der Waals surface area contributed by atoms with Crippen LogP contribution in [0.15, 0.2) is 58.7 Å². The van der Waals surface area contributed by atoms with Crippen molar-refractivity contribution >= 4 is 28.2 Å². The molecule has 4 rings (SSSR count). The Kier molecular flexibility index (Phi) is 3.23. The van der Waals surface area contributed by atoms with E-state index in [0.717, 1.165) is 15.8 Å². The topological polar surface area (TPSA) is 63.0 Å². The van der Waals surface area contributed by atoms with E-state index in [-0.39, 0.29) is 11.4 Å². The van der Waals surface area contributed by atoms with E-state index in [1.54, 1.807) is 12.3 Å². The monoisotopic (exact) mass is 320 g/mol. The lowest BCUT2D eigenvalue weighted by Gasteiger charge is -1.98. The summed E-state index contributed by atoms with van der Waals surface area (Å²) in [7, 11) is 0. The van der Waals surface area contributed by atoms with Crippen LogP contribution >= 0.6 is 0 Å². The van der Waals surface area contributed by atoms with Crippen LogP contribution in [0, 0.1) is 12.7 Å². The highest BCUT2D eigenvalue weighted by Crippen LogP contribution is 2.21. The molecule has 0 bridgehead atoms. The molecule has 0 aliphatic rings. The van der Waals surface area contributed by atoms with Crippen LogP contribution in [0.3, 0.4) is 0 Å². The Labute approximate surface area is 136 Å². The van der Waals surface area contributed by atoms with Gasteiger partial charge in [0.1, 0.15) is 23.2 Å². The first-order chi connectivity index (χ1) is 11.6. The number of benzene rings is 2. The Bertz CT molecular complexity index is 1140. The van der Waals surface area contributed by atoms with Gasteiger partial charge in [-0.15, -0.1) is 0 Å². The summed E-state index contributed by atoms with van der Waals surface area (Å²) in [6.07, 6.45) is 2.93. The molecule has 5 nitrogen and oxygen atoms in total. The summed E-state index contributed by atoms with van der Waals surface area (Å²) in [5, 5.41) is 4.75. The van der Waals surface area contributed by atoms with E-state index in [1.807, 2.05) is 31.2 Å². The van der Waals surface area contributed by atoms with E-state index < -0.39 is 0 Å². The summed E-state index contributed by atoms with van der Waals surface area (Å²) >= 11 is 0. The van der Waals surface area contributed by atoms with Crippen LogP contribution in [0.2, 0.25) is 0 Å². The molecular weight excluding hydrogens is 307 g/mol. The van der Waals surface area contributed by atoms with Gasteiger partial charge in [0, 0.05) is 10.9 Å². The van der Waals surface area contributed by atoms with Gasteiger partial charge in [0.25, 0.3) is 5.56 Å². The molecule has 0 saturated heterocycles. The minimum Gasteiger partial charge on any atom is -0.349 e. The number of hydrogen-bond donors (Lipinski definition) is 1. The highest BCUT2D eigenvalue weighted by Gasteiger charge is 2.11. The van der Waals surface area contributed by atoms with Gasteiger partial charge in [0.05, 0.1) is 6.21 Å². The van der Waals surface area contributed by atoms with Gasteiger partial charge >= 0.3 is 0 Å². The first-order valence-electron chi connectivity index (χ1n) is 7.41. The normalized spacial score (nSPS) is 11.8. The largest absolute Gasteiger partial charge is 0.349 e. The summed E-state index contributed by atoms with van der Waals surface area (Å²) in [5.74, 6) is -0.369. The van der Waals surface area contributed by atoms with Gasteiger partial charge in [0.15, 0.2) is 0 Å². The summed E-state index contributed by atoms with van der Waals surface area (Å²) in [4.78, 5) is 19.8. The molecule has 0 radical (unpaired) electrons. The third-order valence-electron chi connectivity index (χ3n) is 3.86. The van der Waals surface area contributed by atoms with Crippen LogP contribution in [0.1, 0.15) is 11.1 Å². The molecule has 0 fully saturated rings. The third kappa shape index (κ3) is 2.38. The van der Waals surface area contributed by atoms with Gasteiger partial charge in [-0.25, -0.2) is 9.37 Å². The number of H-pyrrole nitrogens is 1. The van der Waals surface area contributed by atoms with Crippen LogP contribution in [-0.2, 0) is 0 Å². The lowest BCUT2D eigenvalue weighted by molar-refractivity contribution is 0.630. The van der Waals surface area contributed by atoms with Gasteiger partial charge in [0.2, 0.25) is 0 Å². The Morgan fingerprint density at radius 3 is 2.79 bits per heavy atom. The molecule has 24 heavy (non-hydrogen) atoms. The van der Waals surface area contributed by atoms with Crippen molar-refractivity contribution in [3.63, 3.8) is 0 Å². The Morgan fingerprint density at radius 2 is 2.00 bits per heavy atom. The zero-order valence-corrected chi connectivity index (χ0v) is 12.8. The molecule has 6 heteroatoms. The molecule has 118 valence electrons. The van der Waals surface area contributed by atoms with E-state index in [4.69, 9.17) is 0 Å². The van der Waals surface area contributed by atoms with Crippen molar-refractivity contribution in [2.75, 3.05) is 0 Å². The SMILES string of the molecule is Cc1ccc(C=Nn2cnc3c([nH]c4ccc(F)cc43)c2=O)cc1. The molecule has 0 aliphatic carbocycles. The second-order valence-corrected chi connectivity index (χ2v) is 5.59. The number of fused-ring (bicyclic) bond motifs is 3. The highest BCUT2D eigenvalue weighted by molar-refractivity contribution is 6.04. The van der Waals surface area contributed by atoms with Crippen LogP contribution in [0.5, 0.6) is 0 Å². The quantitative estimate of drug-likeness (QED) is 0.576. The van der Waals surface area contributed by atoms with E-state index in [2.05, 4.69) is 15.1 Å². The molecule has 0 spiro atoms. The predicted molar refractivity (Wildman–Crippen MR) is 92.0 cm³/mol. The summed E-state index contributed by atoms with van der Waals surface area (Å²) in [5.41, 5.74) is 3.11. The molecule has 0 amide bonds. The lowest BCUT2D eigenvalue weighted by Crippen LogP contribution is -2.17. The number of aromatic amines is 1. The van der Waals surface area contributed by atoms with E-state index in [0.29, 0.717) is 21.9 Å². The fourth-order valence-corrected chi connectivity index (χ4v) is 2.58. The van der Waals surface area contributed by atoms with E-state index in [1.165, 1.54) is 18.5 Å². The van der Waals surface area contributed by atoms with E-state index in [9.17, 15) is 9.18 Å². The van der Waals surface area contributed by atoms with E-state index >= 15 is 0 Å².